The number of hydrogen-bond acceptors (Lipinski definition) is 2. The standard InChI is InChI=1S/C14H26O2/c1-7-9-12(10(3)4)13(8-2)16-14(15)11(5)6/h10,12-13H,5,7-9H2,1-4,6H3. The van der Waals surface area contributed by atoms with Crippen LogP contribution in [0, 0.1) is 11.8 Å². The van der Waals surface area contributed by atoms with Gasteiger partial charge in [-0.25, -0.2) is 4.79 Å². The van der Waals surface area contributed by atoms with Crippen LogP contribution < -0.4 is 0 Å². The summed E-state index contributed by atoms with van der Waals surface area (Å²) in [5, 5.41) is 0. The Morgan fingerprint density at radius 1 is 1.31 bits per heavy atom. The Morgan fingerprint density at radius 2 is 1.88 bits per heavy atom. The van der Waals surface area contributed by atoms with Crippen LogP contribution in [0.25, 0.3) is 0 Å². The van der Waals surface area contributed by atoms with Crippen molar-refractivity contribution in [2.45, 2.75) is 60.0 Å². The quantitative estimate of drug-likeness (QED) is 0.485. The van der Waals surface area contributed by atoms with Gasteiger partial charge in [-0.1, -0.05) is 40.7 Å². The van der Waals surface area contributed by atoms with Gasteiger partial charge in [0.15, 0.2) is 0 Å². The van der Waals surface area contributed by atoms with E-state index in [4.69, 9.17) is 4.74 Å². The predicted molar refractivity (Wildman–Crippen MR) is 68.2 cm³/mol. The van der Waals surface area contributed by atoms with E-state index in [9.17, 15) is 4.79 Å². The van der Waals surface area contributed by atoms with Crippen molar-refractivity contribution in [3.8, 4) is 0 Å². The van der Waals surface area contributed by atoms with Gasteiger partial charge in [-0.05, 0) is 31.6 Å². The Kier molecular flexibility index (Phi) is 7.11. The predicted octanol–water partition coefficient (Wildman–Crippen LogP) is 3.96. The first-order chi connectivity index (χ1) is 7.43. The van der Waals surface area contributed by atoms with E-state index in [0.717, 1.165) is 19.3 Å². The van der Waals surface area contributed by atoms with Gasteiger partial charge in [0.1, 0.15) is 6.10 Å². The normalized spacial score (nSPS) is 14.6. The molecule has 0 amide bonds. The summed E-state index contributed by atoms with van der Waals surface area (Å²) in [5.74, 6) is 0.745. The van der Waals surface area contributed by atoms with Gasteiger partial charge in [0.25, 0.3) is 0 Å². The molecular weight excluding hydrogens is 200 g/mol. The Morgan fingerprint density at radius 3 is 2.19 bits per heavy atom. The Hall–Kier alpha value is -0.790. The molecule has 0 saturated heterocycles. The SMILES string of the molecule is C=C(C)C(=O)OC(CC)C(CCC)C(C)C. The molecule has 16 heavy (non-hydrogen) atoms. The molecule has 2 heteroatoms. The van der Waals surface area contributed by atoms with Gasteiger partial charge in [-0.15, -0.1) is 0 Å². The van der Waals surface area contributed by atoms with Gasteiger partial charge in [0.2, 0.25) is 0 Å². The third-order valence-electron chi connectivity index (χ3n) is 2.97. The highest BCUT2D eigenvalue weighted by molar-refractivity contribution is 5.87. The molecule has 94 valence electrons. The molecule has 0 radical (unpaired) electrons. The van der Waals surface area contributed by atoms with E-state index in [-0.39, 0.29) is 12.1 Å². The molecule has 0 aromatic rings. The zero-order chi connectivity index (χ0) is 12.7. The number of rotatable bonds is 7. The summed E-state index contributed by atoms with van der Waals surface area (Å²) in [5.41, 5.74) is 0.484. The monoisotopic (exact) mass is 226 g/mol. The van der Waals surface area contributed by atoms with Crippen LogP contribution in [0.5, 0.6) is 0 Å². The number of hydrogen-bond donors (Lipinski definition) is 0. The smallest absolute Gasteiger partial charge is 0.333 e. The number of ether oxygens (including phenoxy) is 1. The molecule has 0 aromatic heterocycles. The summed E-state index contributed by atoms with van der Waals surface area (Å²) in [6.45, 7) is 13.9. The fourth-order valence-electron chi connectivity index (χ4n) is 1.99. The first-order valence-electron chi connectivity index (χ1n) is 6.30. The van der Waals surface area contributed by atoms with Crippen LogP contribution in [0.3, 0.4) is 0 Å². The summed E-state index contributed by atoms with van der Waals surface area (Å²) in [6, 6.07) is 0. The van der Waals surface area contributed by atoms with Crippen molar-refractivity contribution >= 4 is 5.97 Å². The molecule has 0 aromatic carbocycles. The maximum atomic E-state index is 11.5. The Balaban J connectivity index is 4.54. The highest BCUT2D eigenvalue weighted by Gasteiger charge is 2.25. The molecular formula is C14H26O2. The molecule has 0 rings (SSSR count). The minimum atomic E-state index is -0.256. The van der Waals surface area contributed by atoms with E-state index >= 15 is 0 Å². The molecule has 0 bridgehead atoms. The third-order valence-corrected chi connectivity index (χ3v) is 2.97. The largest absolute Gasteiger partial charge is 0.459 e. The van der Waals surface area contributed by atoms with Crippen LogP contribution in [0.1, 0.15) is 53.9 Å². The van der Waals surface area contributed by atoms with E-state index in [0.29, 0.717) is 17.4 Å². The van der Waals surface area contributed by atoms with Gasteiger partial charge in [0.05, 0.1) is 0 Å². The lowest BCUT2D eigenvalue weighted by Gasteiger charge is -2.29. The Bertz CT molecular complexity index is 231. The maximum absolute atomic E-state index is 11.5. The summed E-state index contributed by atoms with van der Waals surface area (Å²) in [6.07, 6.45) is 3.15. The van der Waals surface area contributed by atoms with Gasteiger partial charge in [-0.3, -0.25) is 0 Å². The summed E-state index contributed by atoms with van der Waals surface area (Å²) >= 11 is 0. The van der Waals surface area contributed by atoms with Gasteiger partial charge in [-0.2, -0.15) is 0 Å². The van der Waals surface area contributed by atoms with Crippen molar-refractivity contribution in [1.82, 2.24) is 0 Å². The topological polar surface area (TPSA) is 26.3 Å². The van der Waals surface area contributed by atoms with Crippen molar-refractivity contribution in [2.24, 2.45) is 11.8 Å². The zero-order valence-electron chi connectivity index (χ0n) is 11.4. The van der Waals surface area contributed by atoms with Gasteiger partial charge < -0.3 is 4.74 Å². The highest BCUT2D eigenvalue weighted by Crippen LogP contribution is 2.25. The first kappa shape index (κ1) is 15.2. The molecule has 2 unspecified atom stereocenters. The molecule has 0 fully saturated rings. The van der Waals surface area contributed by atoms with E-state index in [2.05, 4.69) is 34.3 Å². The van der Waals surface area contributed by atoms with Crippen LogP contribution in [0.15, 0.2) is 12.2 Å². The van der Waals surface area contributed by atoms with Crippen LogP contribution in [0.4, 0.5) is 0 Å². The van der Waals surface area contributed by atoms with Crippen LogP contribution >= 0.6 is 0 Å². The molecule has 2 atom stereocenters. The van der Waals surface area contributed by atoms with Crippen LogP contribution in [-0.2, 0) is 9.53 Å². The lowest BCUT2D eigenvalue weighted by molar-refractivity contribution is -0.148. The van der Waals surface area contributed by atoms with Crippen LogP contribution in [0.2, 0.25) is 0 Å². The van der Waals surface area contributed by atoms with Gasteiger partial charge in [0, 0.05) is 5.57 Å². The third kappa shape index (κ3) is 4.82. The van der Waals surface area contributed by atoms with Crippen molar-refractivity contribution in [2.75, 3.05) is 0 Å². The fourth-order valence-corrected chi connectivity index (χ4v) is 1.99. The molecule has 0 spiro atoms. The molecule has 0 heterocycles. The first-order valence-corrected chi connectivity index (χ1v) is 6.30. The molecule has 0 aliphatic carbocycles. The van der Waals surface area contributed by atoms with Crippen LogP contribution in [-0.4, -0.2) is 12.1 Å². The summed E-state index contributed by atoms with van der Waals surface area (Å²) in [4.78, 5) is 11.5. The lowest BCUT2D eigenvalue weighted by atomic mass is 9.85. The lowest BCUT2D eigenvalue weighted by Crippen LogP contribution is -2.30. The second kappa shape index (κ2) is 7.48. The van der Waals surface area contributed by atoms with E-state index in [1.54, 1.807) is 6.92 Å². The average Bonchev–Trinajstić information content (AvgIpc) is 2.22. The second-order valence-corrected chi connectivity index (χ2v) is 4.83. The molecule has 0 aliphatic heterocycles. The van der Waals surface area contributed by atoms with Gasteiger partial charge >= 0.3 is 5.97 Å². The minimum Gasteiger partial charge on any atom is -0.459 e. The molecule has 0 saturated carbocycles. The van der Waals surface area contributed by atoms with Crippen molar-refractivity contribution in [1.29, 1.82) is 0 Å². The second-order valence-electron chi connectivity index (χ2n) is 4.83. The van der Waals surface area contributed by atoms with Crippen molar-refractivity contribution in [3.05, 3.63) is 12.2 Å². The number of esters is 1. The summed E-state index contributed by atoms with van der Waals surface area (Å²) < 4.78 is 5.50. The van der Waals surface area contributed by atoms with E-state index in [1.165, 1.54) is 0 Å². The molecule has 0 aliphatic rings. The maximum Gasteiger partial charge on any atom is 0.333 e. The number of carbonyl (C=O) groups excluding carboxylic acids is 1. The minimum absolute atomic E-state index is 0.0316. The average molecular weight is 226 g/mol. The Labute approximate surface area is 100 Å². The van der Waals surface area contributed by atoms with E-state index in [1.807, 2.05) is 0 Å². The zero-order valence-corrected chi connectivity index (χ0v) is 11.4. The number of carbonyl (C=O) groups is 1. The van der Waals surface area contributed by atoms with Crippen molar-refractivity contribution < 1.29 is 9.53 Å². The fraction of sp³-hybridized carbons (Fsp3) is 0.786. The molecule has 2 nitrogen and oxygen atoms in total. The molecule has 0 N–H and O–H groups in total. The summed E-state index contributed by atoms with van der Waals surface area (Å²) in [7, 11) is 0. The highest BCUT2D eigenvalue weighted by atomic mass is 16.5. The van der Waals surface area contributed by atoms with E-state index < -0.39 is 0 Å². The van der Waals surface area contributed by atoms with Crippen molar-refractivity contribution in [3.63, 3.8) is 0 Å².